The molecule has 0 saturated carbocycles. The van der Waals surface area contributed by atoms with Crippen LogP contribution in [-0.4, -0.2) is 0 Å². The second-order valence-electron chi connectivity index (χ2n) is 7.77. The summed E-state index contributed by atoms with van der Waals surface area (Å²) in [6.45, 7) is 0. The molecule has 0 aliphatic heterocycles. The highest BCUT2D eigenvalue weighted by Gasteiger charge is 2.26. The third-order valence-corrected chi connectivity index (χ3v) is 6.23. The van der Waals surface area contributed by atoms with E-state index in [1.165, 1.54) is 50.1 Å². The Morgan fingerprint density at radius 3 is 2.00 bits per heavy atom. The molecule has 0 fully saturated rings. The Labute approximate surface area is 160 Å². The van der Waals surface area contributed by atoms with Crippen molar-refractivity contribution in [2.24, 2.45) is 0 Å². The molecule has 0 N–H and O–H groups in total. The van der Waals surface area contributed by atoms with Gasteiger partial charge in [-0.25, -0.2) is 0 Å². The molecule has 4 aromatic carbocycles. The lowest BCUT2D eigenvalue weighted by Crippen LogP contribution is -2.09. The molecule has 128 valence electrons. The topological polar surface area (TPSA) is 0 Å². The molecule has 0 radical (unpaired) electrons. The summed E-state index contributed by atoms with van der Waals surface area (Å²) >= 11 is 0. The van der Waals surface area contributed by atoms with Gasteiger partial charge in [0.1, 0.15) is 0 Å². The lowest BCUT2D eigenvalue weighted by Gasteiger charge is -2.22. The Morgan fingerprint density at radius 1 is 0.444 bits per heavy atom. The minimum absolute atomic E-state index is 1.06. The summed E-state index contributed by atoms with van der Waals surface area (Å²) in [5.41, 5.74) is 14.6. The van der Waals surface area contributed by atoms with Crippen LogP contribution in [0.1, 0.15) is 33.4 Å². The number of hydrogen-bond acceptors (Lipinski definition) is 0. The van der Waals surface area contributed by atoms with Gasteiger partial charge in [0.15, 0.2) is 0 Å². The lowest BCUT2D eigenvalue weighted by molar-refractivity contribution is 1.00. The van der Waals surface area contributed by atoms with Crippen LogP contribution in [0.4, 0.5) is 0 Å². The standard InChI is InChI=1S/C27H20/c1-2-6-18(7-3-1)21-12-13-25-24(15-21)16-23-11-10-22-14-19-8-4-5-9-20(19)17-26(22)27(23)25/h1-13,15H,14,16-17H2. The van der Waals surface area contributed by atoms with Gasteiger partial charge in [-0.3, -0.25) is 0 Å². The number of benzene rings is 4. The van der Waals surface area contributed by atoms with E-state index in [9.17, 15) is 0 Å². The van der Waals surface area contributed by atoms with Gasteiger partial charge in [-0.15, -0.1) is 0 Å². The molecule has 27 heavy (non-hydrogen) atoms. The molecule has 0 nitrogen and oxygen atoms in total. The molecule has 0 amide bonds. The highest BCUT2D eigenvalue weighted by molar-refractivity contribution is 5.84. The van der Waals surface area contributed by atoms with E-state index in [0.29, 0.717) is 0 Å². The maximum Gasteiger partial charge on any atom is -0.00131 e. The van der Waals surface area contributed by atoms with E-state index in [0.717, 1.165) is 19.3 Å². The first kappa shape index (κ1) is 15.0. The zero-order valence-corrected chi connectivity index (χ0v) is 15.2. The summed E-state index contributed by atoms with van der Waals surface area (Å²) < 4.78 is 0. The molecule has 2 aliphatic rings. The predicted molar refractivity (Wildman–Crippen MR) is 112 cm³/mol. The first-order valence-corrected chi connectivity index (χ1v) is 9.76. The van der Waals surface area contributed by atoms with Crippen molar-refractivity contribution in [1.82, 2.24) is 0 Å². The van der Waals surface area contributed by atoms with E-state index >= 15 is 0 Å². The van der Waals surface area contributed by atoms with E-state index in [1.54, 1.807) is 5.56 Å². The average Bonchev–Trinajstić information content (AvgIpc) is 3.11. The second kappa shape index (κ2) is 5.69. The normalized spacial score (nSPS) is 13.5. The highest BCUT2D eigenvalue weighted by atomic mass is 14.3. The van der Waals surface area contributed by atoms with Crippen LogP contribution in [0.25, 0.3) is 22.3 Å². The molecule has 0 spiro atoms. The van der Waals surface area contributed by atoms with Crippen LogP contribution in [0.5, 0.6) is 0 Å². The summed E-state index contributed by atoms with van der Waals surface area (Å²) in [5.74, 6) is 0. The smallest absolute Gasteiger partial charge is 0.00131 e. The largest absolute Gasteiger partial charge is 0.0622 e. The van der Waals surface area contributed by atoms with Gasteiger partial charge >= 0.3 is 0 Å². The van der Waals surface area contributed by atoms with Crippen LogP contribution in [-0.2, 0) is 19.3 Å². The van der Waals surface area contributed by atoms with Gasteiger partial charge in [-0.2, -0.15) is 0 Å². The van der Waals surface area contributed by atoms with Crippen molar-refractivity contribution in [2.75, 3.05) is 0 Å². The summed E-state index contributed by atoms with van der Waals surface area (Å²) in [7, 11) is 0. The van der Waals surface area contributed by atoms with Crippen LogP contribution >= 0.6 is 0 Å². The van der Waals surface area contributed by atoms with Crippen molar-refractivity contribution < 1.29 is 0 Å². The minimum atomic E-state index is 1.06. The van der Waals surface area contributed by atoms with Crippen molar-refractivity contribution in [1.29, 1.82) is 0 Å². The first-order valence-electron chi connectivity index (χ1n) is 9.76. The number of rotatable bonds is 1. The minimum Gasteiger partial charge on any atom is -0.0622 e. The summed E-state index contributed by atoms with van der Waals surface area (Å²) in [6.07, 6.45) is 3.19. The average molecular weight is 344 g/mol. The van der Waals surface area contributed by atoms with Crippen molar-refractivity contribution in [3.8, 4) is 22.3 Å². The Hall–Kier alpha value is -3.12. The van der Waals surface area contributed by atoms with Gasteiger partial charge in [0, 0.05) is 0 Å². The summed E-state index contributed by atoms with van der Waals surface area (Å²) in [6, 6.07) is 31.4. The molecule has 4 aromatic rings. The fraction of sp³-hybridized carbons (Fsp3) is 0.111. The van der Waals surface area contributed by atoms with Crippen LogP contribution in [0, 0.1) is 0 Å². The third kappa shape index (κ3) is 2.30. The fourth-order valence-corrected chi connectivity index (χ4v) is 4.89. The lowest BCUT2D eigenvalue weighted by atomic mass is 9.82. The maximum atomic E-state index is 2.40. The molecule has 0 unspecified atom stereocenters. The highest BCUT2D eigenvalue weighted by Crippen LogP contribution is 2.44. The van der Waals surface area contributed by atoms with E-state index < -0.39 is 0 Å². The van der Waals surface area contributed by atoms with Crippen LogP contribution in [0.2, 0.25) is 0 Å². The van der Waals surface area contributed by atoms with Crippen LogP contribution < -0.4 is 0 Å². The van der Waals surface area contributed by atoms with E-state index in [1.807, 2.05) is 0 Å². The molecule has 2 aliphatic carbocycles. The van der Waals surface area contributed by atoms with Gasteiger partial charge < -0.3 is 0 Å². The third-order valence-electron chi connectivity index (χ3n) is 6.23. The molecule has 0 atom stereocenters. The zero-order valence-electron chi connectivity index (χ0n) is 15.2. The Morgan fingerprint density at radius 2 is 1.15 bits per heavy atom. The van der Waals surface area contributed by atoms with E-state index in [-0.39, 0.29) is 0 Å². The molecule has 0 heteroatoms. The van der Waals surface area contributed by atoms with E-state index in [2.05, 4.69) is 84.9 Å². The van der Waals surface area contributed by atoms with Gasteiger partial charge in [-0.1, -0.05) is 84.9 Å². The van der Waals surface area contributed by atoms with Gasteiger partial charge in [0.05, 0.1) is 0 Å². The van der Waals surface area contributed by atoms with Crippen molar-refractivity contribution in [3.05, 3.63) is 118 Å². The first-order chi connectivity index (χ1) is 13.4. The van der Waals surface area contributed by atoms with Gasteiger partial charge in [0.2, 0.25) is 0 Å². The molecular formula is C27H20. The van der Waals surface area contributed by atoms with E-state index in [4.69, 9.17) is 0 Å². The number of fused-ring (bicyclic) bond motifs is 6. The van der Waals surface area contributed by atoms with Crippen LogP contribution in [0.15, 0.2) is 84.9 Å². The molecule has 0 saturated heterocycles. The molecule has 6 rings (SSSR count). The monoisotopic (exact) mass is 344 g/mol. The maximum absolute atomic E-state index is 2.40. The zero-order chi connectivity index (χ0) is 17.8. The van der Waals surface area contributed by atoms with Crippen LogP contribution in [0.3, 0.4) is 0 Å². The summed E-state index contributed by atoms with van der Waals surface area (Å²) in [5, 5.41) is 0. The molecule has 0 aromatic heterocycles. The quantitative estimate of drug-likeness (QED) is 0.323. The Balaban J connectivity index is 1.48. The summed E-state index contributed by atoms with van der Waals surface area (Å²) in [4.78, 5) is 0. The van der Waals surface area contributed by atoms with Gasteiger partial charge in [-0.05, 0) is 74.9 Å². The van der Waals surface area contributed by atoms with Crippen molar-refractivity contribution in [3.63, 3.8) is 0 Å². The van der Waals surface area contributed by atoms with Gasteiger partial charge in [0.25, 0.3) is 0 Å². The SMILES string of the molecule is c1ccc(-c2ccc3c(c2)Cc2ccc4c(c2-3)Cc2ccccc2C4)cc1. The Bertz CT molecular complexity index is 1180. The molecular weight excluding hydrogens is 324 g/mol. The second-order valence-corrected chi connectivity index (χ2v) is 7.77. The fourth-order valence-electron chi connectivity index (χ4n) is 4.89. The predicted octanol–water partition coefficient (Wildman–Crippen LogP) is 6.42. The van der Waals surface area contributed by atoms with Crippen molar-refractivity contribution in [2.45, 2.75) is 19.3 Å². The number of hydrogen-bond donors (Lipinski definition) is 0. The van der Waals surface area contributed by atoms with Crippen molar-refractivity contribution >= 4 is 0 Å². The Kier molecular flexibility index (Phi) is 3.16. The molecule has 0 heterocycles. The molecule has 0 bridgehead atoms.